The molecule has 0 amide bonds. The van der Waals surface area contributed by atoms with Crippen molar-refractivity contribution in [3.63, 3.8) is 0 Å². The topological polar surface area (TPSA) is 32.8 Å². The Hall–Kier alpha value is -0.340. The fraction of sp³-hybridized carbons (Fsp3) is 0.778. The van der Waals surface area contributed by atoms with Crippen molar-refractivity contribution in [1.82, 2.24) is 0 Å². The van der Waals surface area contributed by atoms with Gasteiger partial charge >= 0.3 is 0 Å². The number of hydrogen-bond donors (Lipinski definition) is 1. The number of hydrogen-bond acceptors (Lipinski definition) is 2. The largest absolute Gasteiger partial charge is 0.386 e. The Morgan fingerprint density at radius 2 is 2.45 bits per heavy atom. The van der Waals surface area contributed by atoms with E-state index in [0.29, 0.717) is 6.10 Å². The van der Waals surface area contributed by atoms with Crippen LogP contribution in [0.2, 0.25) is 0 Å². The third-order valence-electron chi connectivity index (χ3n) is 2.39. The van der Waals surface area contributed by atoms with Crippen molar-refractivity contribution in [1.29, 1.82) is 0 Å². The van der Waals surface area contributed by atoms with E-state index >= 15 is 0 Å². The fourth-order valence-corrected chi connectivity index (χ4v) is 1.66. The first-order valence-corrected chi connectivity index (χ1v) is 4.30. The van der Waals surface area contributed by atoms with Gasteiger partial charge in [-0.3, -0.25) is 0 Å². The second kappa shape index (κ2) is 2.61. The summed E-state index contributed by atoms with van der Waals surface area (Å²) < 4.78 is 5.08. The lowest BCUT2D eigenvalue weighted by atomic mass is 9.87. The number of epoxide rings is 1. The molecule has 0 radical (unpaired) electrons. The quantitative estimate of drug-likeness (QED) is 0.479. The standard InChI is InChI=1S/C9H14O2/c10-9(6-8-7-11-8)4-2-1-3-5-9/h2,4,8,10H,1,3,5-7H2. The molecule has 0 bridgehead atoms. The molecule has 1 saturated heterocycles. The molecule has 1 aliphatic heterocycles. The van der Waals surface area contributed by atoms with Crippen LogP contribution in [0, 0.1) is 0 Å². The Labute approximate surface area is 66.9 Å². The summed E-state index contributed by atoms with van der Waals surface area (Å²) in [5.41, 5.74) is -0.542. The first-order chi connectivity index (χ1) is 5.29. The maximum Gasteiger partial charge on any atom is 0.0853 e. The van der Waals surface area contributed by atoms with Crippen LogP contribution in [0.4, 0.5) is 0 Å². The molecule has 2 rings (SSSR count). The minimum Gasteiger partial charge on any atom is -0.386 e. The van der Waals surface area contributed by atoms with E-state index in [-0.39, 0.29) is 0 Å². The Morgan fingerprint density at radius 3 is 3.00 bits per heavy atom. The van der Waals surface area contributed by atoms with Gasteiger partial charge in [0.05, 0.1) is 18.3 Å². The van der Waals surface area contributed by atoms with Crippen LogP contribution in [0.5, 0.6) is 0 Å². The van der Waals surface area contributed by atoms with Crippen LogP contribution in [0.3, 0.4) is 0 Å². The molecule has 0 aromatic heterocycles. The Balaban J connectivity index is 1.94. The highest BCUT2D eigenvalue weighted by Crippen LogP contribution is 2.30. The van der Waals surface area contributed by atoms with Crippen LogP contribution >= 0.6 is 0 Å². The summed E-state index contributed by atoms with van der Waals surface area (Å²) in [6.45, 7) is 0.843. The van der Waals surface area contributed by atoms with Gasteiger partial charge in [-0.1, -0.05) is 12.2 Å². The molecule has 1 aliphatic carbocycles. The Bertz CT molecular complexity index is 172. The Kier molecular flexibility index (Phi) is 1.74. The number of ether oxygens (including phenoxy) is 1. The summed E-state index contributed by atoms with van der Waals surface area (Å²) in [6, 6.07) is 0. The van der Waals surface area contributed by atoms with Crippen LogP contribution in [0.1, 0.15) is 25.7 Å². The monoisotopic (exact) mass is 154 g/mol. The molecule has 2 nitrogen and oxygen atoms in total. The molecule has 62 valence electrons. The predicted molar refractivity (Wildman–Crippen MR) is 42.3 cm³/mol. The number of rotatable bonds is 2. The van der Waals surface area contributed by atoms with E-state index in [1.807, 2.05) is 6.08 Å². The van der Waals surface area contributed by atoms with Crippen molar-refractivity contribution >= 4 is 0 Å². The molecule has 0 spiro atoms. The minimum absolute atomic E-state index is 0.336. The molecule has 2 unspecified atom stereocenters. The smallest absolute Gasteiger partial charge is 0.0853 e. The highest BCUT2D eigenvalue weighted by Gasteiger charge is 2.34. The summed E-state index contributed by atoms with van der Waals surface area (Å²) in [6.07, 6.45) is 8.28. The highest BCUT2D eigenvalue weighted by molar-refractivity contribution is 5.06. The van der Waals surface area contributed by atoms with Crippen molar-refractivity contribution in [3.8, 4) is 0 Å². The van der Waals surface area contributed by atoms with Crippen LogP contribution in [-0.2, 0) is 4.74 Å². The molecule has 1 fully saturated rings. The van der Waals surface area contributed by atoms with E-state index in [4.69, 9.17) is 4.74 Å². The summed E-state index contributed by atoms with van der Waals surface area (Å²) in [7, 11) is 0. The van der Waals surface area contributed by atoms with Gasteiger partial charge in [-0.05, 0) is 19.3 Å². The third-order valence-corrected chi connectivity index (χ3v) is 2.39. The van der Waals surface area contributed by atoms with Gasteiger partial charge in [-0.25, -0.2) is 0 Å². The summed E-state index contributed by atoms with van der Waals surface area (Å²) in [5.74, 6) is 0. The van der Waals surface area contributed by atoms with E-state index in [1.54, 1.807) is 0 Å². The van der Waals surface area contributed by atoms with Gasteiger partial charge in [0, 0.05) is 6.42 Å². The number of aliphatic hydroxyl groups is 1. The second-order valence-corrected chi connectivity index (χ2v) is 3.56. The molecular formula is C9H14O2. The summed E-state index contributed by atoms with van der Waals surface area (Å²) in [4.78, 5) is 0. The van der Waals surface area contributed by atoms with E-state index < -0.39 is 5.60 Å². The predicted octanol–water partition coefficient (Wildman–Crippen LogP) is 1.25. The molecule has 1 N–H and O–H groups in total. The number of allylic oxidation sites excluding steroid dienone is 1. The molecule has 2 heteroatoms. The first kappa shape index (κ1) is 7.32. The van der Waals surface area contributed by atoms with Gasteiger partial charge in [0.2, 0.25) is 0 Å². The van der Waals surface area contributed by atoms with Gasteiger partial charge in [0.25, 0.3) is 0 Å². The van der Waals surface area contributed by atoms with Crippen molar-refractivity contribution in [2.45, 2.75) is 37.4 Å². The molecule has 2 aliphatic rings. The highest BCUT2D eigenvalue weighted by atomic mass is 16.6. The van der Waals surface area contributed by atoms with Crippen LogP contribution < -0.4 is 0 Å². The van der Waals surface area contributed by atoms with E-state index in [9.17, 15) is 5.11 Å². The van der Waals surface area contributed by atoms with Gasteiger partial charge in [-0.2, -0.15) is 0 Å². The second-order valence-electron chi connectivity index (χ2n) is 3.56. The molecular weight excluding hydrogens is 140 g/mol. The van der Waals surface area contributed by atoms with Gasteiger partial charge in [0.1, 0.15) is 0 Å². The maximum absolute atomic E-state index is 9.91. The molecule has 0 aromatic carbocycles. The fourth-order valence-electron chi connectivity index (χ4n) is 1.66. The van der Waals surface area contributed by atoms with E-state index in [0.717, 1.165) is 32.3 Å². The normalized spacial score (nSPS) is 42.5. The first-order valence-electron chi connectivity index (χ1n) is 4.30. The van der Waals surface area contributed by atoms with Crippen LogP contribution in [0.15, 0.2) is 12.2 Å². The van der Waals surface area contributed by atoms with Gasteiger partial charge < -0.3 is 9.84 Å². The molecule has 0 saturated carbocycles. The SMILES string of the molecule is OC1(CC2CO2)C=CCCC1. The van der Waals surface area contributed by atoms with Crippen molar-refractivity contribution in [2.75, 3.05) is 6.61 Å². The lowest BCUT2D eigenvalue weighted by Crippen LogP contribution is -2.29. The van der Waals surface area contributed by atoms with E-state index in [1.165, 1.54) is 0 Å². The van der Waals surface area contributed by atoms with Crippen LogP contribution in [-0.4, -0.2) is 23.4 Å². The summed E-state index contributed by atoms with van der Waals surface area (Å²) >= 11 is 0. The molecule has 0 aromatic rings. The van der Waals surface area contributed by atoms with E-state index in [2.05, 4.69) is 6.08 Å². The Morgan fingerprint density at radius 1 is 1.64 bits per heavy atom. The van der Waals surface area contributed by atoms with Crippen molar-refractivity contribution in [3.05, 3.63) is 12.2 Å². The van der Waals surface area contributed by atoms with Crippen molar-refractivity contribution in [2.24, 2.45) is 0 Å². The zero-order valence-corrected chi connectivity index (χ0v) is 6.62. The average Bonchev–Trinajstić information content (AvgIpc) is 2.72. The maximum atomic E-state index is 9.91. The lowest BCUT2D eigenvalue weighted by Gasteiger charge is -2.26. The zero-order valence-electron chi connectivity index (χ0n) is 6.62. The van der Waals surface area contributed by atoms with Gasteiger partial charge in [0.15, 0.2) is 0 Å². The minimum atomic E-state index is -0.542. The average molecular weight is 154 g/mol. The van der Waals surface area contributed by atoms with Crippen molar-refractivity contribution < 1.29 is 9.84 Å². The zero-order chi connectivity index (χ0) is 7.73. The molecule has 2 atom stereocenters. The van der Waals surface area contributed by atoms with Crippen LogP contribution in [0.25, 0.3) is 0 Å². The summed E-state index contributed by atoms with van der Waals surface area (Å²) in [5, 5.41) is 9.91. The van der Waals surface area contributed by atoms with Gasteiger partial charge in [-0.15, -0.1) is 0 Å². The lowest BCUT2D eigenvalue weighted by molar-refractivity contribution is 0.0575. The third kappa shape index (κ3) is 1.82. The molecule has 11 heavy (non-hydrogen) atoms. The molecule has 1 heterocycles.